The number of hydrogen-bond acceptors (Lipinski definition) is 6. The molecule has 1 aliphatic rings. The number of nitrogens with zero attached hydrogens (tertiary/aromatic N) is 1. The number of hydrazone groups is 1. The van der Waals surface area contributed by atoms with Crippen LogP contribution in [0.2, 0.25) is 0 Å². The number of nitrogens with one attached hydrogen (secondary N) is 3. The van der Waals surface area contributed by atoms with Crippen molar-refractivity contribution in [2.24, 2.45) is 5.10 Å². The first-order valence-corrected chi connectivity index (χ1v) is 5.72. The molecule has 0 atom stereocenters. The smallest absolute Gasteiger partial charge is 0.337 e. The zero-order chi connectivity index (χ0) is 14.7. The minimum Gasteiger partial charge on any atom is -0.478 e. The normalized spacial score (nSPS) is 14.4. The fraction of sp³-hybridized carbons (Fsp3) is 0. The van der Waals surface area contributed by atoms with Gasteiger partial charge in [-0.15, -0.1) is 0 Å². The molecule has 1 aromatic rings. The van der Waals surface area contributed by atoms with E-state index in [1.54, 1.807) is 12.1 Å². The van der Waals surface area contributed by atoms with Gasteiger partial charge in [0.1, 0.15) is 0 Å². The summed E-state index contributed by atoms with van der Waals surface area (Å²) in [4.78, 5) is 34.0. The third-order valence-electron chi connectivity index (χ3n) is 2.33. The lowest BCUT2D eigenvalue weighted by Crippen LogP contribution is -2.56. The molecule has 0 unspecified atom stereocenters. The quantitative estimate of drug-likeness (QED) is 0.448. The monoisotopic (exact) mass is 292 g/mol. The number of carbonyl (C=O) groups is 3. The lowest BCUT2D eigenvalue weighted by atomic mass is 10.2. The van der Waals surface area contributed by atoms with Crippen LogP contribution in [-0.4, -0.2) is 33.7 Å². The van der Waals surface area contributed by atoms with Gasteiger partial charge in [0.25, 0.3) is 11.8 Å². The summed E-state index contributed by atoms with van der Waals surface area (Å²) in [6.07, 6.45) is 0. The number of hydrogen-bond donors (Lipinski definition) is 4. The Hall–Kier alpha value is -2.81. The van der Waals surface area contributed by atoms with Crippen LogP contribution in [0.1, 0.15) is 10.4 Å². The molecule has 102 valence electrons. The second-order valence-corrected chi connectivity index (χ2v) is 4.07. The molecule has 1 saturated heterocycles. The minimum atomic E-state index is -1.16. The number of benzene rings is 1. The number of thiocarbonyl (C=S) groups is 1. The van der Waals surface area contributed by atoms with Crippen LogP contribution in [-0.2, 0) is 9.59 Å². The molecule has 8 nitrogen and oxygen atoms in total. The van der Waals surface area contributed by atoms with Crippen LogP contribution < -0.4 is 16.1 Å². The second kappa shape index (κ2) is 5.45. The molecule has 1 aliphatic heterocycles. The van der Waals surface area contributed by atoms with Gasteiger partial charge in [-0.1, -0.05) is 12.1 Å². The van der Waals surface area contributed by atoms with Gasteiger partial charge in [0.15, 0.2) is 5.11 Å². The van der Waals surface area contributed by atoms with Gasteiger partial charge in [-0.2, -0.15) is 5.10 Å². The molecular weight excluding hydrogens is 284 g/mol. The summed E-state index contributed by atoms with van der Waals surface area (Å²) in [5, 5.41) is 16.9. The highest BCUT2D eigenvalue weighted by Crippen LogP contribution is 2.14. The third kappa shape index (κ3) is 2.78. The molecular formula is C11H8N4O4S. The molecule has 0 saturated carbocycles. The third-order valence-corrected chi connectivity index (χ3v) is 2.53. The minimum absolute atomic E-state index is 0.0380. The van der Waals surface area contributed by atoms with Gasteiger partial charge in [0, 0.05) is 0 Å². The number of para-hydroxylation sites is 1. The molecule has 0 aliphatic carbocycles. The molecule has 4 N–H and O–H groups in total. The summed E-state index contributed by atoms with van der Waals surface area (Å²) >= 11 is 4.63. The van der Waals surface area contributed by atoms with E-state index in [1.807, 2.05) is 0 Å². The molecule has 0 spiro atoms. The van der Waals surface area contributed by atoms with E-state index in [2.05, 4.69) is 33.4 Å². The summed E-state index contributed by atoms with van der Waals surface area (Å²) in [5.74, 6) is -2.69. The Morgan fingerprint density at radius 3 is 2.40 bits per heavy atom. The predicted molar refractivity (Wildman–Crippen MR) is 73.3 cm³/mol. The number of carboxylic acids is 1. The first kappa shape index (κ1) is 13.6. The zero-order valence-electron chi connectivity index (χ0n) is 9.84. The van der Waals surface area contributed by atoms with Crippen LogP contribution in [0.5, 0.6) is 0 Å². The summed E-state index contributed by atoms with van der Waals surface area (Å²) < 4.78 is 0. The summed E-state index contributed by atoms with van der Waals surface area (Å²) in [6, 6.07) is 5.95. The van der Waals surface area contributed by atoms with Gasteiger partial charge in [0.2, 0.25) is 5.71 Å². The number of anilines is 1. The average molecular weight is 292 g/mol. The van der Waals surface area contributed by atoms with Gasteiger partial charge in [-0.3, -0.25) is 25.6 Å². The van der Waals surface area contributed by atoms with Crippen molar-refractivity contribution in [3.63, 3.8) is 0 Å². The molecule has 1 aromatic carbocycles. The second-order valence-electron chi connectivity index (χ2n) is 3.66. The van der Waals surface area contributed by atoms with Gasteiger partial charge < -0.3 is 5.11 Å². The number of aromatic carboxylic acids is 1. The Bertz CT molecular complexity index is 634. The van der Waals surface area contributed by atoms with Gasteiger partial charge >= 0.3 is 5.97 Å². The van der Waals surface area contributed by atoms with Crippen molar-refractivity contribution < 1.29 is 19.5 Å². The molecule has 0 radical (unpaired) electrons. The highest BCUT2D eigenvalue weighted by Gasteiger charge is 2.28. The molecule has 2 rings (SSSR count). The first-order chi connectivity index (χ1) is 9.49. The number of rotatable bonds is 3. The van der Waals surface area contributed by atoms with Crippen LogP contribution in [0.4, 0.5) is 5.69 Å². The van der Waals surface area contributed by atoms with E-state index in [1.165, 1.54) is 12.1 Å². The van der Waals surface area contributed by atoms with Crippen LogP contribution in [0.3, 0.4) is 0 Å². The molecule has 1 fully saturated rings. The Kier molecular flexibility index (Phi) is 3.71. The van der Waals surface area contributed by atoms with E-state index < -0.39 is 23.5 Å². The van der Waals surface area contributed by atoms with E-state index >= 15 is 0 Å². The predicted octanol–water partition coefficient (Wildman–Crippen LogP) is -0.316. The standard InChI is InChI=1S/C11H8N4O4S/c16-8-7(9(17)13-11(20)12-8)15-14-6-4-2-1-3-5(6)10(18)19/h1-4,14H,(H,18,19)(H2,12,13,16,17,20). The summed E-state index contributed by atoms with van der Waals surface area (Å²) in [6.45, 7) is 0. The van der Waals surface area contributed by atoms with Crippen molar-refractivity contribution in [3.8, 4) is 0 Å². The van der Waals surface area contributed by atoms with E-state index in [9.17, 15) is 14.4 Å². The molecule has 20 heavy (non-hydrogen) atoms. The summed E-state index contributed by atoms with van der Waals surface area (Å²) in [7, 11) is 0. The Morgan fingerprint density at radius 1 is 1.20 bits per heavy atom. The SMILES string of the molecule is O=C1NC(=S)NC(=O)C1=NNc1ccccc1C(=O)O. The lowest BCUT2D eigenvalue weighted by molar-refractivity contribution is -0.118. The van der Waals surface area contributed by atoms with E-state index in [0.717, 1.165) is 0 Å². The van der Waals surface area contributed by atoms with Crippen molar-refractivity contribution in [1.82, 2.24) is 10.6 Å². The Morgan fingerprint density at radius 2 is 1.80 bits per heavy atom. The largest absolute Gasteiger partial charge is 0.478 e. The number of carboxylic acid groups (broad SMARTS) is 1. The molecule has 1 heterocycles. The maximum atomic E-state index is 11.5. The first-order valence-electron chi connectivity index (χ1n) is 5.31. The van der Waals surface area contributed by atoms with Crippen LogP contribution in [0.15, 0.2) is 29.4 Å². The molecule has 0 bridgehead atoms. The van der Waals surface area contributed by atoms with Crippen LogP contribution in [0.25, 0.3) is 0 Å². The van der Waals surface area contributed by atoms with Crippen molar-refractivity contribution in [3.05, 3.63) is 29.8 Å². The fourth-order valence-corrected chi connectivity index (χ4v) is 1.63. The van der Waals surface area contributed by atoms with E-state index in [4.69, 9.17) is 5.11 Å². The maximum Gasteiger partial charge on any atom is 0.337 e. The maximum absolute atomic E-state index is 11.5. The zero-order valence-corrected chi connectivity index (χ0v) is 10.7. The van der Waals surface area contributed by atoms with Gasteiger partial charge in [0.05, 0.1) is 11.3 Å². The Labute approximate surface area is 117 Å². The Balaban J connectivity index is 2.25. The van der Waals surface area contributed by atoms with Gasteiger partial charge in [-0.25, -0.2) is 4.79 Å². The van der Waals surface area contributed by atoms with E-state index in [-0.39, 0.29) is 16.4 Å². The highest BCUT2D eigenvalue weighted by molar-refractivity contribution is 7.80. The highest BCUT2D eigenvalue weighted by atomic mass is 32.1. The fourth-order valence-electron chi connectivity index (χ4n) is 1.44. The molecule has 0 aromatic heterocycles. The summed E-state index contributed by atoms with van der Waals surface area (Å²) in [5.41, 5.74) is 2.05. The van der Waals surface area contributed by atoms with Crippen molar-refractivity contribution >= 4 is 46.5 Å². The number of carbonyl (C=O) groups excluding carboxylic acids is 2. The molecule has 2 amide bonds. The van der Waals surface area contributed by atoms with Gasteiger partial charge in [-0.05, 0) is 24.4 Å². The number of amides is 2. The van der Waals surface area contributed by atoms with Crippen molar-refractivity contribution in [1.29, 1.82) is 0 Å². The van der Waals surface area contributed by atoms with Crippen LogP contribution >= 0.6 is 12.2 Å². The van der Waals surface area contributed by atoms with Crippen molar-refractivity contribution in [2.45, 2.75) is 0 Å². The van der Waals surface area contributed by atoms with Crippen molar-refractivity contribution in [2.75, 3.05) is 5.43 Å². The van der Waals surface area contributed by atoms with Crippen LogP contribution in [0, 0.1) is 0 Å². The molecule has 9 heteroatoms. The topological polar surface area (TPSA) is 120 Å². The van der Waals surface area contributed by atoms with E-state index in [0.29, 0.717) is 0 Å². The lowest BCUT2D eigenvalue weighted by Gasteiger charge is -2.15. The average Bonchev–Trinajstić information content (AvgIpc) is 2.37.